The SMILES string of the molecule is Brc1cnc2c(cnn2CC2CCCCC2)c1. The quantitative estimate of drug-likeness (QED) is 0.844. The van der Waals surface area contributed by atoms with E-state index in [1.54, 1.807) is 0 Å². The number of pyridine rings is 1. The molecule has 0 unspecified atom stereocenters. The normalized spacial score (nSPS) is 17.7. The van der Waals surface area contributed by atoms with E-state index < -0.39 is 0 Å². The Morgan fingerprint density at radius 3 is 2.88 bits per heavy atom. The van der Waals surface area contributed by atoms with E-state index in [0.29, 0.717) is 0 Å². The van der Waals surface area contributed by atoms with Gasteiger partial charge in [0, 0.05) is 22.6 Å². The number of fused-ring (bicyclic) bond motifs is 1. The van der Waals surface area contributed by atoms with E-state index in [9.17, 15) is 0 Å². The maximum absolute atomic E-state index is 4.46. The molecular formula is C13H16BrN3. The Balaban J connectivity index is 1.84. The van der Waals surface area contributed by atoms with Crippen molar-refractivity contribution in [3.05, 3.63) is 22.9 Å². The van der Waals surface area contributed by atoms with Crippen molar-refractivity contribution in [3.8, 4) is 0 Å². The van der Waals surface area contributed by atoms with Crippen LogP contribution in [0.25, 0.3) is 11.0 Å². The van der Waals surface area contributed by atoms with Crippen LogP contribution in [0.5, 0.6) is 0 Å². The van der Waals surface area contributed by atoms with Crippen molar-refractivity contribution in [1.82, 2.24) is 14.8 Å². The van der Waals surface area contributed by atoms with E-state index in [1.807, 2.05) is 12.4 Å². The summed E-state index contributed by atoms with van der Waals surface area (Å²) in [7, 11) is 0. The average molecular weight is 294 g/mol. The van der Waals surface area contributed by atoms with Crippen LogP contribution in [0.1, 0.15) is 32.1 Å². The lowest BCUT2D eigenvalue weighted by Crippen LogP contribution is -2.15. The summed E-state index contributed by atoms with van der Waals surface area (Å²) in [5.41, 5.74) is 1.01. The summed E-state index contributed by atoms with van der Waals surface area (Å²) in [6.45, 7) is 1.03. The molecule has 0 bridgehead atoms. The van der Waals surface area contributed by atoms with E-state index in [2.05, 4.69) is 36.8 Å². The Morgan fingerprint density at radius 1 is 1.24 bits per heavy atom. The number of rotatable bonds is 2. The molecule has 0 aliphatic heterocycles. The first-order valence-corrected chi connectivity index (χ1v) is 7.09. The third kappa shape index (κ3) is 2.37. The summed E-state index contributed by atoms with van der Waals surface area (Å²) in [5.74, 6) is 0.789. The summed E-state index contributed by atoms with van der Waals surface area (Å²) >= 11 is 3.44. The standard InChI is InChI=1S/C13H16BrN3/c14-12-6-11-7-16-17(13(11)15-8-12)9-10-4-2-1-3-5-10/h6-8,10H,1-5,9H2. The zero-order chi connectivity index (χ0) is 11.7. The highest BCUT2D eigenvalue weighted by molar-refractivity contribution is 9.10. The lowest BCUT2D eigenvalue weighted by Gasteiger charge is -2.21. The van der Waals surface area contributed by atoms with Crippen LogP contribution in [0.2, 0.25) is 0 Å². The highest BCUT2D eigenvalue weighted by Crippen LogP contribution is 2.26. The number of halogens is 1. The van der Waals surface area contributed by atoms with Gasteiger partial charge in [0.05, 0.1) is 6.20 Å². The third-order valence-electron chi connectivity index (χ3n) is 3.60. The zero-order valence-corrected chi connectivity index (χ0v) is 11.4. The van der Waals surface area contributed by atoms with Gasteiger partial charge in [-0.05, 0) is 40.8 Å². The second kappa shape index (κ2) is 4.77. The number of hydrogen-bond acceptors (Lipinski definition) is 2. The second-order valence-electron chi connectivity index (χ2n) is 4.90. The molecule has 4 heteroatoms. The van der Waals surface area contributed by atoms with Gasteiger partial charge in [0.1, 0.15) is 0 Å². The molecule has 1 fully saturated rings. The molecule has 0 spiro atoms. The Labute approximate surface area is 109 Å². The molecule has 3 rings (SSSR count). The fraction of sp³-hybridized carbons (Fsp3) is 0.538. The highest BCUT2D eigenvalue weighted by atomic mass is 79.9. The minimum absolute atomic E-state index is 0.789. The van der Waals surface area contributed by atoms with Crippen molar-refractivity contribution in [1.29, 1.82) is 0 Å². The van der Waals surface area contributed by atoms with Crippen molar-refractivity contribution in [2.75, 3.05) is 0 Å². The van der Waals surface area contributed by atoms with Gasteiger partial charge in [-0.25, -0.2) is 9.67 Å². The minimum atomic E-state index is 0.789. The molecule has 0 N–H and O–H groups in total. The molecule has 2 aromatic rings. The molecule has 3 nitrogen and oxygen atoms in total. The van der Waals surface area contributed by atoms with Crippen LogP contribution >= 0.6 is 15.9 Å². The molecule has 90 valence electrons. The van der Waals surface area contributed by atoms with Crippen LogP contribution in [0.3, 0.4) is 0 Å². The summed E-state index contributed by atoms with van der Waals surface area (Å²) in [4.78, 5) is 4.46. The van der Waals surface area contributed by atoms with Crippen molar-refractivity contribution < 1.29 is 0 Å². The first-order chi connectivity index (χ1) is 8.33. The highest BCUT2D eigenvalue weighted by Gasteiger charge is 2.15. The summed E-state index contributed by atoms with van der Waals surface area (Å²) in [6.07, 6.45) is 10.6. The molecular weight excluding hydrogens is 278 g/mol. The van der Waals surface area contributed by atoms with E-state index in [0.717, 1.165) is 28.0 Å². The topological polar surface area (TPSA) is 30.7 Å². The predicted molar refractivity (Wildman–Crippen MR) is 71.8 cm³/mol. The number of hydrogen-bond donors (Lipinski definition) is 0. The van der Waals surface area contributed by atoms with Crippen molar-refractivity contribution in [2.24, 2.45) is 5.92 Å². The molecule has 1 aliphatic rings. The Hall–Kier alpha value is -0.900. The van der Waals surface area contributed by atoms with Crippen molar-refractivity contribution >= 4 is 27.0 Å². The van der Waals surface area contributed by atoms with E-state index in [-0.39, 0.29) is 0 Å². The second-order valence-corrected chi connectivity index (χ2v) is 5.81. The molecule has 0 aromatic carbocycles. The van der Waals surface area contributed by atoms with Crippen LogP contribution in [-0.4, -0.2) is 14.8 Å². The lowest BCUT2D eigenvalue weighted by atomic mass is 9.89. The van der Waals surface area contributed by atoms with Crippen LogP contribution in [-0.2, 0) is 6.54 Å². The van der Waals surface area contributed by atoms with Gasteiger partial charge in [-0.1, -0.05) is 19.3 Å². The first kappa shape index (κ1) is 11.2. The third-order valence-corrected chi connectivity index (χ3v) is 4.03. The maximum atomic E-state index is 4.46. The fourth-order valence-corrected chi connectivity index (χ4v) is 3.04. The largest absolute Gasteiger partial charge is 0.247 e. The number of aromatic nitrogens is 3. The predicted octanol–water partition coefficient (Wildman–Crippen LogP) is 3.77. The van der Waals surface area contributed by atoms with Crippen LogP contribution in [0, 0.1) is 5.92 Å². The number of nitrogens with zero attached hydrogens (tertiary/aromatic N) is 3. The van der Waals surface area contributed by atoms with Gasteiger partial charge in [-0.15, -0.1) is 0 Å². The smallest absolute Gasteiger partial charge is 0.157 e. The maximum Gasteiger partial charge on any atom is 0.157 e. The molecule has 2 heterocycles. The van der Waals surface area contributed by atoms with Crippen LogP contribution in [0.15, 0.2) is 22.9 Å². The average Bonchev–Trinajstić information content (AvgIpc) is 2.73. The molecule has 1 saturated carbocycles. The van der Waals surface area contributed by atoms with Crippen LogP contribution in [0.4, 0.5) is 0 Å². The van der Waals surface area contributed by atoms with Crippen molar-refractivity contribution in [3.63, 3.8) is 0 Å². The zero-order valence-electron chi connectivity index (χ0n) is 9.77. The molecule has 0 amide bonds. The summed E-state index contributed by atoms with van der Waals surface area (Å²) in [5, 5.41) is 5.58. The summed E-state index contributed by atoms with van der Waals surface area (Å²) in [6, 6.07) is 2.08. The van der Waals surface area contributed by atoms with Gasteiger partial charge < -0.3 is 0 Å². The van der Waals surface area contributed by atoms with Gasteiger partial charge in [0.15, 0.2) is 5.65 Å². The molecule has 0 radical (unpaired) electrons. The monoisotopic (exact) mass is 293 g/mol. The van der Waals surface area contributed by atoms with Gasteiger partial charge in [-0.2, -0.15) is 5.10 Å². The Bertz CT molecular complexity index is 514. The fourth-order valence-electron chi connectivity index (χ4n) is 2.69. The van der Waals surface area contributed by atoms with E-state index in [4.69, 9.17) is 0 Å². The molecule has 0 atom stereocenters. The molecule has 17 heavy (non-hydrogen) atoms. The first-order valence-electron chi connectivity index (χ1n) is 6.30. The Kier molecular flexibility index (Phi) is 3.14. The molecule has 1 aliphatic carbocycles. The summed E-state index contributed by atoms with van der Waals surface area (Å²) < 4.78 is 3.08. The van der Waals surface area contributed by atoms with Gasteiger partial charge >= 0.3 is 0 Å². The van der Waals surface area contributed by atoms with Gasteiger partial charge in [0.2, 0.25) is 0 Å². The van der Waals surface area contributed by atoms with Gasteiger partial charge in [0.25, 0.3) is 0 Å². The van der Waals surface area contributed by atoms with Crippen molar-refractivity contribution in [2.45, 2.75) is 38.6 Å². The molecule has 2 aromatic heterocycles. The lowest BCUT2D eigenvalue weighted by molar-refractivity contribution is 0.311. The Morgan fingerprint density at radius 2 is 2.06 bits per heavy atom. The van der Waals surface area contributed by atoms with E-state index >= 15 is 0 Å². The molecule has 0 saturated heterocycles. The van der Waals surface area contributed by atoms with E-state index in [1.165, 1.54) is 32.1 Å². The van der Waals surface area contributed by atoms with Gasteiger partial charge in [-0.3, -0.25) is 0 Å². The minimum Gasteiger partial charge on any atom is -0.247 e. The van der Waals surface area contributed by atoms with Crippen LogP contribution < -0.4 is 0 Å².